The summed E-state index contributed by atoms with van der Waals surface area (Å²) >= 11 is 0. The van der Waals surface area contributed by atoms with Gasteiger partial charge < -0.3 is 16.8 Å². The van der Waals surface area contributed by atoms with Gasteiger partial charge in [-0.3, -0.25) is 9.59 Å². The molecule has 0 bridgehead atoms. The standard InChI is InChI=1S/C14H17F2N5O2/c15-13(16)3-1-8(2-4-13)14(12(18)23)5-6-19-11-9(10(17)22)7-20-21(11)14/h5-8,19H,1-4H2,(H2,17,22)(H2,18,23). The molecule has 0 saturated heterocycles. The average Bonchev–Trinajstić information content (AvgIpc) is 2.91. The molecule has 23 heavy (non-hydrogen) atoms. The van der Waals surface area contributed by atoms with Crippen molar-refractivity contribution >= 4 is 17.6 Å². The van der Waals surface area contributed by atoms with Crippen LogP contribution in [0.2, 0.25) is 0 Å². The summed E-state index contributed by atoms with van der Waals surface area (Å²) in [5, 5.41) is 6.90. The summed E-state index contributed by atoms with van der Waals surface area (Å²) in [5.41, 5.74) is 9.64. The highest BCUT2D eigenvalue weighted by atomic mass is 19.3. The van der Waals surface area contributed by atoms with Crippen LogP contribution in [-0.2, 0) is 10.3 Å². The lowest BCUT2D eigenvalue weighted by Gasteiger charge is -2.42. The van der Waals surface area contributed by atoms with Gasteiger partial charge >= 0.3 is 0 Å². The Balaban J connectivity index is 2.06. The molecule has 124 valence electrons. The summed E-state index contributed by atoms with van der Waals surface area (Å²) < 4.78 is 28.2. The Morgan fingerprint density at radius 3 is 2.52 bits per heavy atom. The second-order valence-electron chi connectivity index (χ2n) is 5.98. The van der Waals surface area contributed by atoms with Crippen LogP contribution in [0.4, 0.5) is 14.6 Å². The Hall–Kier alpha value is -2.45. The summed E-state index contributed by atoms with van der Waals surface area (Å²) in [7, 11) is 0. The zero-order chi connectivity index (χ0) is 16.8. The van der Waals surface area contributed by atoms with E-state index in [4.69, 9.17) is 11.5 Å². The summed E-state index contributed by atoms with van der Waals surface area (Å²) in [6.45, 7) is 0. The van der Waals surface area contributed by atoms with Crippen LogP contribution in [0.15, 0.2) is 18.5 Å². The molecule has 0 radical (unpaired) electrons. The second-order valence-corrected chi connectivity index (χ2v) is 5.98. The zero-order valence-corrected chi connectivity index (χ0v) is 12.3. The van der Waals surface area contributed by atoms with Gasteiger partial charge in [-0.25, -0.2) is 13.5 Å². The monoisotopic (exact) mass is 325 g/mol. The third-order valence-corrected chi connectivity index (χ3v) is 4.68. The van der Waals surface area contributed by atoms with Crippen molar-refractivity contribution in [3.8, 4) is 0 Å². The fraction of sp³-hybridized carbons (Fsp3) is 0.500. The highest BCUT2D eigenvalue weighted by molar-refractivity contribution is 5.98. The lowest BCUT2D eigenvalue weighted by molar-refractivity contribution is -0.130. The van der Waals surface area contributed by atoms with Gasteiger partial charge in [-0.1, -0.05) is 0 Å². The molecule has 3 rings (SSSR count). The van der Waals surface area contributed by atoms with Gasteiger partial charge in [-0.05, 0) is 24.8 Å². The van der Waals surface area contributed by atoms with E-state index in [-0.39, 0.29) is 37.1 Å². The number of nitrogens with two attached hydrogens (primary N) is 2. The van der Waals surface area contributed by atoms with Crippen molar-refractivity contribution in [3.63, 3.8) is 0 Å². The smallest absolute Gasteiger partial charge is 0.254 e. The Morgan fingerprint density at radius 2 is 1.96 bits per heavy atom. The van der Waals surface area contributed by atoms with Gasteiger partial charge in [0.05, 0.1) is 6.20 Å². The van der Waals surface area contributed by atoms with Crippen LogP contribution in [0.25, 0.3) is 0 Å². The number of carbonyl (C=O) groups is 2. The van der Waals surface area contributed by atoms with Gasteiger partial charge in [0.15, 0.2) is 5.54 Å². The number of halogens is 2. The number of nitrogens with one attached hydrogen (secondary N) is 1. The first kappa shape index (κ1) is 15.4. The average molecular weight is 325 g/mol. The Bertz CT molecular complexity index is 689. The SMILES string of the molecule is NC(=O)c1cnn2c1NC=CC2(C(N)=O)C1CCC(F)(F)CC1. The van der Waals surface area contributed by atoms with Gasteiger partial charge in [0, 0.05) is 19.0 Å². The molecule has 1 atom stereocenters. The zero-order valence-electron chi connectivity index (χ0n) is 12.3. The van der Waals surface area contributed by atoms with E-state index in [1.165, 1.54) is 23.2 Å². The van der Waals surface area contributed by atoms with Crippen LogP contribution < -0.4 is 16.8 Å². The van der Waals surface area contributed by atoms with Crippen LogP contribution in [0.5, 0.6) is 0 Å². The van der Waals surface area contributed by atoms with E-state index < -0.39 is 29.2 Å². The van der Waals surface area contributed by atoms with Crippen LogP contribution in [-0.4, -0.2) is 27.5 Å². The van der Waals surface area contributed by atoms with Gasteiger partial charge in [0.2, 0.25) is 11.8 Å². The molecule has 2 heterocycles. The van der Waals surface area contributed by atoms with Crippen LogP contribution >= 0.6 is 0 Å². The molecule has 0 aromatic carbocycles. The highest BCUT2D eigenvalue weighted by Crippen LogP contribution is 2.46. The molecule has 1 saturated carbocycles. The number of amides is 2. The van der Waals surface area contributed by atoms with Crippen molar-refractivity contribution in [2.24, 2.45) is 17.4 Å². The molecule has 5 N–H and O–H groups in total. The summed E-state index contributed by atoms with van der Waals surface area (Å²) in [5.74, 6) is -4.32. The minimum absolute atomic E-state index is 0.112. The minimum Gasteiger partial charge on any atom is -0.367 e. The number of anilines is 1. The fourth-order valence-electron chi connectivity index (χ4n) is 3.44. The van der Waals surface area contributed by atoms with Gasteiger partial charge in [-0.2, -0.15) is 5.10 Å². The first-order valence-electron chi connectivity index (χ1n) is 7.28. The molecule has 2 amide bonds. The molecular formula is C14H17F2N5O2. The molecule has 1 aliphatic carbocycles. The first-order chi connectivity index (χ1) is 10.8. The summed E-state index contributed by atoms with van der Waals surface area (Å²) in [4.78, 5) is 23.7. The first-order valence-corrected chi connectivity index (χ1v) is 7.28. The van der Waals surface area contributed by atoms with E-state index in [0.717, 1.165) is 0 Å². The number of aromatic nitrogens is 2. The van der Waals surface area contributed by atoms with E-state index in [0.29, 0.717) is 0 Å². The third-order valence-electron chi connectivity index (χ3n) is 4.68. The largest absolute Gasteiger partial charge is 0.367 e. The van der Waals surface area contributed by atoms with Gasteiger partial charge in [0.25, 0.3) is 5.91 Å². The van der Waals surface area contributed by atoms with Crippen LogP contribution in [0.3, 0.4) is 0 Å². The van der Waals surface area contributed by atoms with Crippen molar-refractivity contribution < 1.29 is 18.4 Å². The maximum atomic E-state index is 13.4. The Kier molecular flexibility index (Phi) is 3.38. The van der Waals surface area contributed by atoms with E-state index in [1.807, 2.05) is 0 Å². The van der Waals surface area contributed by atoms with E-state index >= 15 is 0 Å². The molecule has 1 unspecified atom stereocenters. The van der Waals surface area contributed by atoms with E-state index in [9.17, 15) is 18.4 Å². The number of rotatable bonds is 3. The number of hydrogen-bond acceptors (Lipinski definition) is 4. The molecule has 9 heteroatoms. The van der Waals surface area contributed by atoms with Crippen molar-refractivity contribution in [3.05, 3.63) is 24.0 Å². The van der Waals surface area contributed by atoms with Crippen molar-refractivity contribution in [2.45, 2.75) is 37.1 Å². The minimum atomic E-state index is -2.72. The fourth-order valence-corrected chi connectivity index (χ4v) is 3.44. The molecule has 1 aromatic rings. The highest BCUT2D eigenvalue weighted by Gasteiger charge is 2.51. The van der Waals surface area contributed by atoms with Gasteiger partial charge in [0.1, 0.15) is 11.4 Å². The normalized spacial score (nSPS) is 26.3. The third kappa shape index (κ3) is 2.27. The number of hydrogen-bond donors (Lipinski definition) is 3. The topological polar surface area (TPSA) is 116 Å². The number of nitrogens with zero attached hydrogens (tertiary/aromatic N) is 2. The molecule has 7 nitrogen and oxygen atoms in total. The van der Waals surface area contributed by atoms with Crippen LogP contribution in [0.1, 0.15) is 36.0 Å². The lowest BCUT2D eigenvalue weighted by Crippen LogP contribution is -2.54. The number of primary amides is 2. The molecule has 1 fully saturated rings. The number of carbonyl (C=O) groups excluding carboxylic acids is 2. The summed E-state index contributed by atoms with van der Waals surface area (Å²) in [6.07, 6.45) is 3.87. The van der Waals surface area contributed by atoms with Crippen molar-refractivity contribution in [1.29, 1.82) is 0 Å². The van der Waals surface area contributed by atoms with Crippen LogP contribution in [0, 0.1) is 5.92 Å². The molecule has 2 aliphatic rings. The predicted molar refractivity (Wildman–Crippen MR) is 77.6 cm³/mol. The van der Waals surface area contributed by atoms with Crippen molar-refractivity contribution in [1.82, 2.24) is 9.78 Å². The second kappa shape index (κ2) is 5.04. The molecular weight excluding hydrogens is 308 g/mol. The molecule has 0 spiro atoms. The lowest BCUT2D eigenvalue weighted by atomic mass is 9.72. The Labute approximate surface area is 130 Å². The van der Waals surface area contributed by atoms with Gasteiger partial charge in [-0.15, -0.1) is 0 Å². The Morgan fingerprint density at radius 1 is 1.30 bits per heavy atom. The number of alkyl halides is 2. The van der Waals surface area contributed by atoms with Crippen molar-refractivity contribution in [2.75, 3.05) is 5.32 Å². The van der Waals surface area contributed by atoms with E-state index in [2.05, 4.69) is 10.4 Å². The van der Waals surface area contributed by atoms with E-state index in [1.54, 1.807) is 0 Å². The maximum absolute atomic E-state index is 13.4. The quantitative estimate of drug-likeness (QED) is 0.766. The predicted octanol–water partition coefficient (Wildman–Crippen LogP) is 0.927. The number of fused-ring (bicyclic) bond motifs is 1. The summed E-state index contributed by atoms with van der Waals surface area (Å²) in [6, 6.07) is 0. The maximum Gasteiger partial charge on any atom is 0.254 e. The molecule has 1 aromatic heterocycles. The molecule has 1 aliphatic heterocycles.